The summed E-state index contributed by atoms with van der Waals surface area (Å²) in [5.74, 6) is 0.497. The lowest BCUT2D eigenvalue weighted by molar-refractivity contribution is -0.138. The smallest absolute Gasteiger partial charge is 0.242 e. The minimum atomic E-state index is -0.903. The van der Waals surface area contributed by atoms with Gasteiger partial charge in [0.15, 0.2) is 0 Å². The Bertz CT molecular complexity index is 479. The van der Waals surface area contributed by atoms with Gasteiger partial charge in [-0.15, -0.1) is 0 Å². The molecule has 19 heavy (non-hydrogen) atoms. The Morgan fingerprint density at radius 3 is 2.37 bits per heavy atom. The first kappa shape index (κ1) is 13.6. The van der Waals surface area contributed by atoms with Crippen LogP contribution in [0.25, 0.3) is 0 Å². The van der Waals surface area contributed by atoms with Crippen molar-refractivity contribution in [2.45, 2.75) is 32.6 Å². The molecule has 1 fully saturated rings. The Morgan fingerprint density at radius 2 is 1.84 bits per heavy atom. The average Bonchev–Trinajstić information content (AvgIpc) is 2.47. The Balaban J connectivity index is 1.97. The molecule has 1 saturated heterocycles. The molecule has 0 radical (unpaired) electrons. The van der Waals surface area contributed by atoms with Crippen molar-refractivity contribution in [3.63, 3.8) is 0 Å². The van der Waals surface area contributed by atoms with Crippen LogP contribution in [0.5, 0.6) is 0 Å². The molecule has 1 heterocycles. The Morgan fingerprint density at radius 1 is 1.26 bits per heavy atom. The Labute approximate surface area is 114 Å². The number of nitriles is 1. The fraction of sp³-hybridized carbons (Fsp3) is 0.500. The van der Waals surface area contributed by atoms with Crippen LogP contribution in [0.3, 0.4) is 0 Å². The molecule has 1 aromatic rings. The van der Waals surface area contributed by atoms with Crippen molar-refractivity contribution in [1.29, 1.82) is 5.26 Å². The fourth-order valence-corrected chi connectivity index (χ4v) is 2.58. The first-order chi connectivity index (χ1) is 9.04. The van der Waals surface area contributed by atoms with Gasteiger partial charge in [-0.25, -0.2) is 0 Å². The minimum Gasteiger partial charge on any atom is -0.341 e. The molecule has 0 bridgehead atoms. The summed E-state index contributed by atoms with van der Waals surface area (Å²) >= 11 is 0. The minimum absolute atomic E-state index is 0.0403. The number of likely N-dealkylation sites (tertiary alicyclic amines) is 1. The summed E-state index contributed by atoms with van der Waals surface area (Å²) in [5, 5.41) is 9.03. The van der Waals surface area contributed by atoms with E-state index in [2.05, 4.69) is 30.3 Å². The highest BCUT2D eigenvalue weighted by atomic mass is 16.2. The molecule has 1 amide bonds. The molecular weight excluding hydrogens is 236 g/mol. The number of benzene rings is 1. The molecule has 0 aromatic heterocycles. The second kappa shape index (κ2) is 5.44. The molecule has 2 rings (SSSR count). The highest BCUT2D eigenvalue weighted by molar-refractivity contribution is 5.84. The third-order valence-corrected chi connectivity index (χ3v) is 3.87. The van der Waals surface area contributed by atoms with Gasteiger partial charge < -0.3 is 4.90 Å². The summed E-state index contributed by atoms with van der Waals surface area (Å²) in [6, 6.07) is 12.5. The van der Waals surface area contributed by atoms with E-state index in [-0.39, 0.29) is 5.91 Å². The van der Waals surface area contributed by atoms with E-state index in [4.69, 9.17) is 5.26 Å². The molecular formula is C16H20N2O. The number of amides is 1. The normalized spacial score (nSPS) is 17.0. The summed E-state index contributed by atoms with van der Waals surface area (Å²) in [6.07, 6.45) is 1.97. The van der Waals surface area contributed by atoms with E-state index in [1.54, 1.807) is 13.8 Å². The zero-order valence-corrected chi connectivity index (χ0v) is 11.6. The quantitative estimate of drug-likeness (QED) is 0.816. The molecule has 0 aliphatic carbocycles. The molecule has 0 spiro atoms. The fourth-order valence-electron chi connectivity index (χ4n) is 2.58. The number of rotatable bonds is 2. The van der Waals surface area contributed by atoms with E-state index in [9.17, 15) is 4.79 Å². The van der Waals surface area contributed by atoms with Crippen LogP contribution in [0.1, 0.15) is 38.2 Å². The largest absolute Gasteiger partial charge is 0.341 e. The lowest BCUT2D eigenvalue weighted by Crippen LogP contribution is -2.44. The number of nitrogens with zero attached hydrogens (tertiary/aromatic N) is 2. The van der Waals surface area contributed by atoms with Gasteiger partial charge >= 0.3 is 0 Å². The second-order valence-electron chi connectivity index (χ2n) is 5.71. The van der Waals surface area contributed by atoms with Crippen molar-refractivity contribution < 1.29 is 4.79 Å². The van der Waals surface area contributed by atoms with Crippen molar-refractivity contribution >= 4 is 5.91 Å². The van der Waals surface area contributed by atoms with Crippen molar-refractivity contribution in [2.75, 3.05) is 13.1 Å². The number of carbonyl (C=O) groups is 1. The standard InChI is InChI=1S/C16H20N2O/c1-16(2,12-17)15(19)18-10-8-14(9-11-18)13-6-4-3-5-7-13/h3-7,14H,8-11H2,1-2H3. The molecule has 0 atom stereocenters. The van der Waals surface area contributed by atoms with Gasteiger partial charge in [-0.1, -0.05) is 30.3 Å². The van der Waals surface area contributed by atoms with Crippen molar-refractivity contribution in [1.82, 2.24) is 4.90 Å². The van der Waals surface area contributed by atoms with Gasteiger partial charge in [0, 0.05) is 13.1 Å². The van der Waals surface area contributed by atoms with Gasteiger partial charge in [-0.2, -0.15) is 5.26 Å². The summed E-state index contributed by atoms with van der Waals surface area (Å²) in [6.45, 7) is 4.89. The molecule has 3 heteroatoms. The molecule has 1 aromatic carbocycles. The van der Waals surface area contributed by atoms with Crippen molar-refractivity contribution in [2.24, 2.45) is 5.41 Å². The number of hydrogen-bond acceptors (Lipinski definition) is 2. The topological polar surface area (TPSA) is 44.1 Å². The maximum atomic E-state index is 12.2. The van der Waals surface area contributed by atoms with Gasteiger partial charge in [-0.3, -0.25) is 4.79 Å². The van der Waals surface area contributed by atoms with Gasteiger partial charge in [-0.05, 0) is 38.2 Å². The van der Waals surface area contributed by atoms with Crippen LogP contribution in [-0.4, -0.2) is 23.9 Å². The molecule has 1 aliphatic rings. The van der Waals surface area contributed by atoms with Crippen molar-refractivity contribution in [3.8, 4) is 6.07 Å². The van der Waals surface area contributed by atoms with Crippen LogP contribution >= 0.6 is 0 Å². The van der Waals surface area contributed by atoms with Crippen LogP contribution < -0.4 is 0 Å². The second-order valence-corrected chi connectivity index (χ2v) is 5.71. The van der Waals surface area contributed by atoms with Gasteiger partial charge in [0.1, 0.15) is 5.41 Å². The number of piperidine rings is 1. The van der Waals surface area contributed by atoms with Crippen LogP contribution in [0, 0.1) is 16.7 Å². The summed E-state index contributed by atoms with van der Waals surface area (Å²) < 4.78 is 0. The average molecular weight is 256 g/mol. The Kier molecular flexibility index (Phi) is 3.90. The first-order valence-electron chi connectivity index (χ1n) is 6.80. The molecule has 100 valence electrons. The van der Waals surface area contributed by atoms with E-state index in [1.807, 2.05) is 11.0 Å². The van der Waals surface area contributed by atoms with E-state index in [1.165, 1.54) is 5.56 Å². The lowest BCUT2D eigenvalue weighted by atomic mass is 9.87. The first-order valence-corrected chi connectivity index (χ1v) is 6.80. The van der Waals surface area contributed by atoms with Crippen LogP contribution in [-0.2, 0) is 4.79 Å². The lowest BCUT2D eigenvalue weighted by Gasteiger charge is -2.35. The number of carbonyl (C=O) groups excluding carboxylic acids is 1. The summed E-state index contributed by atoms with van der Waals surface area (Å²) in [7, 11) is 0. The molecule has 0 saturated carbocycles. The van der Waals surface area contributed by atoms with Gasteiger partial charge in [0.05, 0.1) is 6.07 Å². The Hall–Kier alpha value is -1.82. The number of hydrogen-bond donors (Lipinski definition) is 0. The van der Waals surface area contributed by atoms with Gasteiger partial charge in [0.25, 0.3) is 0 Å². The van der Waals surface area contributed by atoms with E-state index in [0.29, 0.717) is 5.92 Å². The van der Waals surface area contributed by atoms with E-state index in [0.717, 1.165) is 25.9 Å². The SMILES string of the molecule is CC(C)(C#N)C(=O)N1CCC(c2ccccc2)CC1. The van der Waals surface area contributed by atoms with Crippen LogP contribution in [0.4, 0.5) is 0 Å². The zero-order valence-electron chi connectivity index (χ0n) is 11.6. The monoisotopic (exact) mass is 256 g/mol. The van der Waals surface area contributed by atoms with Gasteiger partial charge in [0.2, 0.25) is 5.91 Å². The third kappa shape index (κ3) is 2.96. The highest BCUT2D eigenvalue weighted by Gasteiger charge is 2.34. The molecule has 3 nitrogen and oxygen atoms in total. The highest BCUT2D eigenvalue weighted by Crippen LogP contribution is 2.29. The predicted molar refractivity (Wildman–Crippen MR) is 74.4 cm³/mol. The van der Waals surface area contributed by atoms with E-state index >= 15 is 0 Å². The van der Waals surface area contributed by atoms with Crippen LogP contribution in [0.15, 0.2) is 30.3 Å². The van der Waals surface area contributed by atoms with Crippen LogP contribution in [0.2, 0.25) is 0 Å². The molecule has 1 aliphatic heterocycles. The predicted octanol–water partition coefficient (Wildman–Crippen LogP) is 2.94. The van der Waals surface area contributed by atoms with Crippen molar-refractivity contribution in [3.05, 3.63) is 35.9 Å². The molecule has 0 N–H and O–H groups in total. The van der Waals surface area contributed by atoms with E-state index < -0.39 is 5.41 Å². The summed E-state index contributed by atoms with van der Waals surface area (Å²) in [4.78, 5) is 14.0. The maximum Gasteiger partial charge on any atom is 0.242 e. The third-order valence-electron chi connectivity index (χ3n) is 3.87. The zero-order chi connectivity index (χ0) is 13.9. The summed E-state index contributed by atoms with van der Waals surface area (Å²) in [5.41, 5.74) is 0.452. The maximum absolute atomic E-state index is 12.2. The molecule has 0 unspecified atom stereocenters.